The first-order chi connectivity index (χ1) is 10.9. The number of nitrogens with zero attached hydrogens (tertiary/aromatic N) is 2. The van der Waals surface area contributed by atoms with Gasteiger partial charge < -0.3 is 4.90 Å². The first kappa shape index (κ1) is 15.9. The van der Waals surface area contributed by atoms with Gasteiger partial charge >= 0.3 is 10.2 Å². The topological polar surface area (TPSA) is 67.3 Å². The van der Waals surface area contributed by atoms with E-state index in [9.17, 15) is 17.1 Å². The van der Waals surface area contributed by atoms with Crippen molar-refractivity contribution in [2.45, 2.75) is 12.8 Å². The Hall–Kier alpha value is -2.02. The van der Waals surface area contributed by atoms with Gasteiger partial charge in [0.1, 0.15) is 0 Å². The number of hydrogen-bond donors (Lipinski definition) is 0. The minimum Gasteiger partial charge on any atom is -0.342 e. The molecule has 3 rings (SSSR count). The molecular formula is C16H17FN2O3S. The molecule has 2 heterocycles. The first-order valence-corrected chi connectivity index (χ1v) is 9.00. The van der Waals surface area contributed by atoms with Crippen molar-refractivity contribution in [2.24, 2.45) is 5.92 Å². The largest absolute Gasteiger partial charge is 0.342 e. The quantitative estimate of drug-likeness (QED) is 0.783. The maximum atomic E-state index is 12.7. The molecule has 0 spiro atoms. The number of halogens is 1. The fourth-order valence-electron chi connectivity index (χ4n) is 3.01. The highest BCUT2D eigenvalue weighted by atomic mass is 32.3. The number of likely N-dealkylation sites (tertiary alicyclic amines) is 1. The lowest BCUT2D eigenvalue weighted by Gasteiger charge is -2.16. The summed E-state index contributed by atoms with van der Waals surface area (Å²) in [5.74, 6) is -1.13. The SMILES string of the molecule is O=C1CC(CS(=O)(=O)F)CN1CCc1ccc2ncccc2c1. The second kappa shape index (κ2) is 6.23. The Kier molecular flexibility index (Phi) is 4.30. The van der Waals surface area contributed by atoms with Gasteiger partial charge in [-0.1, -0.05) is 12.1 Å². The Balaban J connectivity index is 1.62. The molecule has 1 amide bonds. The van der Waals surface area contributed by atoms with Crippen LogP contribution in [0.4, 0.5) is 3.89 Å². The van der Waals surface area contributed by atoms with Crippen molar-refractivity contribution < 1.29 is 17.1 Å². The molecule has 0 aliphatic carbocycles. The van der Waals surface area contributed by atoms with E-state index in [1.165, 1.54) is 0 Å². The molecule has 1 atom stereocenters. The predicted octanol–water partition coefficient (Wildman–Crippen LogP) is 1.93. The van der Waals surface area contributed by atoms with E-state index in [-0.39, 0.29) is 12.3 Å². The molecule has 1 aromatic carbocycles. The molecule has 0 saturated carbocycles. The average Bonchev–Trinajstić information content (AvgIpc) is 2.82. The monoisotopic (exact) mass is 336 g/mol. The van der Waals surface area contributed by atoms with Crippen LogP contribution in [0.25, 0.3) is 10.9 Å². The number of benzene rings is 1. The Labute approximate surface area is 134 Å². The zero-order valence-electron chi connectivity index (χ0n) is 12.5. The molecule has 5 nitrogen and oxygen atoms in total. The van der Waals surface area contributed by atoms with Crippen LogP contribution >= 0.6 is 0 Å². The van der Waals surface area contributed by atoms with Crippen LogP contribution in [0.5, 0.6) is 0 Å². The van der Waals surface area contributed by atoms with Crippen LogP contribution in [0.3, 0.4) is 0 Å². The molecule has 1 saturated heterocycles. The van der Waals surface area contributed by atoms with Crippen molar-refractivity contribution in [3.8, 4) is 0 Å². The molecular weight excluding hydrogens is 319 g/mol. The molecule has 1 unspecified atom stereocenters. The Morgan fingerprint density at radius 1 is 1.30 bits per heavy atom. The minimum absolute atomic E-state index is 0.102. The van der Waals surface area contributed by atoms with Gasteiger partial charge in [0, 0.05) is 37.0 Å². The summed E-state index contributed by atoms with van der Waals surface area (Å²) in [6.45, 7) is 0.810. The van der Waals surface area contributed by atoms with Crippen molar-refractivity contribution in [3.05, 3.63) is 42.1 Å². The van der Waals surface area contributed by atoms with Gasteiger partial charge in [-0.2, -0.15) is 8.42 Å². The van der Waals surface area contributed by atoms with E-state index in [1.54, 1.807) is 11.1 Å². The fourth-order valence-corrected chi connectivity index (χ4v) is 3.79. The van der Waals surface area contributed by atoms with Crippen molar-refractivity contribution in [1.82, 2.24) is 9.88 Å². The summed E-state index contributed by atoms with van der Waals surface area (Å²) in [5, 5.41) is 1.04. The average molecular weight is 336 g/mol. The Morgan fingerprint density at radius 2 is 2.13 bits per heavy atom. The maximum absolute atomic E-state index is 12.7. The van der Waals surface area contributed by atoms with Gasteiger partial charge in [0.15, 0.2) is 0 Å². The fraction of sp³-hybridized carbons (Fsp3) is 0.375. The molecule has 1 fully saturated rings. The van der Waals surface area contributed by atoms with E-state index in [1.807, 2.05) is 30.3 Å². The van der Waals surface area contributed by atoms with Crippen LogP contribution in [0.2, 0.25) is 0 Å². The number of carbonyl (C=O) groups excluding carboxylic acids is 1. The van der Waals surface area contributed by atoms with Gasteiger partial charge in [0.05, 0.1) is 11.3 Å². The number of fused-ring (bicyclic) bond motifs is 1. The van der Waals surface area contributed by atoms with Crippen LogP contribution in [-0.2, 0) is 21.4 Å². The van der Waals surface area contributed by atoms with Gasteiger partial charge in [-0.15, -0.1) is 3.89 Å². The van der Waals surface area contributed by atoms with Crippen LogP contribution in [0.1, 0.15) is 12.0 Å². The lowest BCUT2D eigenvalue weighted by atomic mass is 10.1. The van der Waals surface area contributed by atoms with Gasteiger partial charge in [0.25, 0.3) is 0 Å². The summed E-state index contributed by atoms with van der Waals surface area (Å²) in [6.07, 6.45) is 2.51. The van der Waals surface area contributed by atoms with E-state index in [0.29, 0.717) is 19.5 Å². The Morgan fingerprint density at radius 3 is 2.91 bits per heavy atom. The van der Waals surface area contributed by atoms with E-state index in [2.05, 4.69) is 4.98 Å². The van der Waals surface area contributed by atoms with Crippen LogP contribution in [-0.4, -0.2) is 43.1 Å². The number of rotatable bonds is 5. The molecule has 122 valence electrons. The molecule has 1 aliphatic rings. The highest BCUT2D eigenvalue weighted by Crippen LogP contribution is 2.21. The molecule has 23 heavy (non-hydrogen) atoms. The summed E-state index contributed by atoms with van der Waals surface area (Å²) in [7, 11) is -4.53. The van der Waals surface area contributed by atoms with Gasteiger partial charge in [-0.3, -0.25) is 9.78 Å². The predicted molar refractivity (Wildman–Crippen MR) is 85.0 cm³/mol. The van der Waals surface area contributed by atoms with Crippen LogP contribution in [0, 0.1) is 5.92 Å². The van der Waals surface area contributed by atoms with Crippen molar-refractivity contribution in [1.29, 1.82) is 0 Å². The summed E-state index contributed by atoms with van der Waals surface area (Å²) in [5.41, 5.74) is 2.00. The molecule has 1 aliphatic heterocycles. The van der Waals surface area contributed by atoms with Gasteiger partial charge in [0.2, 0.25) is 5.91 Å². The normalized spacial score (nSPS) is 18.7. The Bertz CT molecular complexity index is 838. The summed E-state index contributed by atoms with van der Waals surface area (Å²) >= 11 is 0. The van der Waals surface area contributed by atoms with Gasteiger partial charge in [-0.05, 0) is 30.2 Å². The summed E-state index contributed by atoms with van der Waals surface area (Å²) in [4.78, 5) is 17.8. The molecule has 0 radical (unpaired) electrons. The summed E-state index contributed by atoms with van der Waals surface area (Å²) < 4.78 is 34.1. The number of hydrogen-bond acceptors (Lipinski definition) is 4. The van der Waals surface area contributed by atoms with Crippen LogP contribution < -0.4 is 0 Å². The van der Waals surface area contributed by atoms with E-state index < -0.39 is 21.9 Å². The van der Waals surface area contributed by atoms with Crippen molar-refractivity contribution in [3.63, 3.8) is 0 Å². The van der Waals surface area contributed by atoms with Gasteiger partial charge in [-0.25, -0.2) is 0 Å². The minimum atomic E-state index is -4.53. The first-order valence-electron chi connectivity index (χ1n) is 7.44. The second-order valence-corrected chi connectivity index (χ2v) is 7.31. The zero-order valence-corrected chi connectivity index (χ0v) is 13.3. The lowest BCUT2D eigenvalue weighted by Crippen LogP contribution is -2.28. The summed E-state index contributed by atoms with van der Waals surface area (Å²) in [6, 6.07) is 9.80. The third kappa shape index (κ3) is 4.04. The van der Waals surface area contributed by atoms with E-state index in [0.717, 1.165) is 16.5 Å². The standard InChI is InChI=1S/C16H17FN2O3S/c17-23(21,22)11-13-9-16(20)19(10-13)7-5-12-3-4-15-14(8-12)2-1-6-18-15/h1-4,6,8,13H,5,7,9-11H2. The molecule has 0 N–H and O–H groups in total. The molecule has 1 aromatic heterocycles. The van der Waals surface area contributed by atoms with E-state index in [4.69, 9.17) is 0 Å². The third-order valence-electron chi connectivity index (χ3n) is 4.07. The molecule has 2 aromatic rings. The molecule has 0 bridgehead atoms. The number of aromatic nitrogens is 1. The molecule has 7 heteroatoms. The number of carbonyl (C=O) groups is 1. The highest BCUT2D eigenvalue weighted by molar-refractivity contribution is 7.86. The second-order valence-electron chi connectivity index (χ2n) is 5.90. The van der Waals surface area contributed by atoms with Crippen molar-refractivity contribution >= 4 is 27.0 Å². The third-order valence-corrected chi connectivity index (χ3v) is 4.94. The lowest BCUT2D eigenvalue weighted by molar-refractivity contribution is -0.127. The number of amides is 1. The zero-order chi connectivity index (χ0) is 16.4. The van der Waals surface area contributed by atoms with Crippen molar-refractivity contribution in [2.75, 3.05) is 18.8 Å². The maximum Gasteiger partial charge on any atom is 0.302 e. The smallest absolute Gasteiger partial charge is 0.302 e. The van der Waals surface area contributed by atoms with Crippen LogP contribution in [0.15, 0.2) is 36.5 Å². The highest BCUT2D eigenvalue weighted by Gasteiger charge is 2.32. The van der Waals surface area contributed by atoms with E-state index >= 15 is 0 Å². The number of pyridine rings is 1.